The van der Waals surface area contributed by atoms with E-state index >= 15 is 0 Å². The summed E-state index contributed by atoms with van der Waals surface area (Å²) in [7, 11) is 0. The first-order valence-corrected chi connectivity index (χ1v) is 5.06. The van der Waals surface area contributed by atoms with E-state index in [1.54, 1.807) is 6.26 Å². The van der Waals surface area contributed by atoms with Crippen LogP contribution in [0.3, 0.4) is 0 Å². The second-order valence-electron chi connectivity index (χ2n) is 4.20. The van der Waals surface area contributed by atoms with E-state index in [1.165, 1.54) is 25.7 Å². The summed E-state index contributed by atoms with van der Waals surface area (Å²) in [5.41, 5.74) is 0.354. The average Bonchev–Trinajstić information content (AvgIpc) is 2.72. The van der Waals surface area contributed by atoms with Gasteiger partial charge in [-0.05, 0) is 31.9 Å². The highest BCUT2D eigenvalue weighted by atomic mass is 16.3. The van der Waals surface area contributed by atoms with Crippen LogP contribution in [0, 0.1) is 0 Å². The van der Waals surface area contributed by atoms with Gasteiger partial charge in [-0.1, -0.05) is 12.8 Å². The van der Waals surface area contributed by atoms with Crippen LogP contribution in [0.1, 0.15) is 38.4 Å². The van der Waals surface area contributed by atoms with Gasteiger partial charge in [-0.25, -0.2) is 0 Å². The lowest BCUT2D eigenvalue weighted by atomic mass is 10.0. The summed E-state index contributed by atoms with van der Waals surface area (Å²) in [5, 5.41) is 3.57. The number of nitrogens with one attached hydrogen (secondary N) is 1. The maximum Gasteiger partial charge on any atom is 0.117 e. The molecule has 2 heteroatoms. The molecule has 0 aromatic carbocycles. The summed E-state index contributed by atoms with van der Waals surface area (Å²) < 4.78 is 5.28. The summed E-state index contributed by atoms with van der Waals surface area (Å²) in [6, 6.07) is 3.96. The van der Waals surface area contributed by atoms with Gasteiger partial charge in [0.25, 0.3) is 0 Å². The van der Waals surface area contributed by atoms with Crippen molar-refractivity contribution in [3.8, 4) is 0 Å². The molecule has 2 rings (SSSR count). The second-order valence-corrected chi connectivity index (χ2v) is 4.20. The van der Waals surface area contributed by atoms with Crippen molar-refractivity contribution in [1.29, 1.82) is 0 Å². The molecule has 1 saturated carbocycles. The van der Waals surface area contributed by atoms with Gasteiger partial charge in [0.1, 0.15) is 5.76 Å². The van der Waals surface area contributed by atoms with E-state index in [4.69, 9.17) is 4.42 Å². The fourth-order valence-electron chi connectivity index (χ4n) is 2.05. The van der Waals surface area contributed by atoms with Gasteiger partial charge in [0.05, 0.1) is 12.8 Å². The van der Waals surface area contributed by atoms with E-state index in [0.29, 0.717) is 5.54 Å². The van der Waals surface area contributed by atoms with Gasteiger partial charge >= 0.3 is 0 Å². The molecule has 1 aromatic heterocycles. The lowest BCUT2D eigenvalue weighted by Crippen LogP contribution is -2.38. The first-order chi connectivity index (χ1) is 6.29. The molecule has 1 N–H and O–H groups in total. The Morgan fingerprint density at radius 1 is 1.46 bits per heavy atom. The standard InChI is InChI=1S/C11H17NO/c1-11(6-2-3-7-11)12-9-10-5-4-8-13-10/h4-5,8,12H,2-3,6-7,9H2,1H3. The van der Waals surface area contributed by atoms with Crippen LogP contribution in [-0.4, -0.2) is 5.54 Å². The van der Waals surface area contributed by atoms with Gasteiger partial charge in [0.2, 0.25) is 0 Å². The van der Waals surface area contributed by atoms with Crippen molar-refractivity contribution >= 4 is 0 Å². The van der Waals surface area contributed by atoms with E-state index in [2.05, 4.69) is 12.2 Å². The summed E-state index contributed by atoms with van der Waals surface area (Å²) in [5.74, 6) is 1.04. The molecule has 0 amide bonds. The summed E-state index contributed by atoms with van der Waals surface area (Å²) in [6.45, 7) is 3.17. The third-order valence-corrected chi connectivity index (χ3v) is 2.98. The average molecular weight is 179 g/mol. The van der Waals surface area contributed by atoms with E-state index < -0.39 is 0 Å². The van der Waals surface area contributed by atoms with E-state index in [0.717, 1.165) is 12.3 Å². The Hall–Kier alpha value is -0.760. The molecule has 0 bridgehead atoms. The molecule has 0 aliphatic heterocycles. The third kappa shape index (κ3) is 2.13. The molecule has 2 nitrogen and oxygen atoms in total. The van der Waals surface area contributed by atoms with Gasteiger partial charge in [-0.15, -0.1) is 0 Å². The molecule has 13 heavy (non-hydrogen) atoms. The van der Waals surface area contributed by atoms with Crippen LogP contribution in [0.4, 0.5) is 0 Å². The van der Waals surface area contributed by atoms with Crippen LogP contribution in [0.25, 0.3) is 0 Å². The molecule has 1 heterocycles. The molecule has 0 unspecified atom stereocenters. The molecule has 1 aromatic rings. The van der Waals surface area contributed by atoms with Gasteiger partial charge in [0.15, 0.2) is 0 Å². The van der Waals surface area contributed by atoms with Gasteiger partial charge in [-0.3, -0.25) is 0 Å². The molecule has 1 aliphatic carbocycles. The van der Waals surface area contributed by atoms with Gasteiger partial charge in [0, 0.05) is 5.54 Å². The highest BCUT2D eigenvalue weighted by molar-refractivity contribution is 4.99. The van der Waals surface area contributed by atoms with Gasteiger partial charge < -0.3 is 9.73 Å². The molecular weight excluding hydrogens is 162 g/mol. The first kappa shape index (κ1) is 8.82. The second kappa shape index (κ2) is 3.54. The minimum Gasteiger partial charge on any atom is -0.468 e. The predicted molar refractivity (Wildman–Crippen MR) is 52.4 cm³/mol. The van der Waals surface area contributed by atoms with Crippen LogP contribution in [0.5, 0.6) is 0 Å². The Kier molecular flexibility index (Phi) is 2.40. The third-order valence-electron chi connectivity index (χ3n) is 2.98. The monoisotopic (exact) mass is 179 g/mol. The zero-order valence-electron chi connectivity index (χ0n) is 8.18. The van der Waals surface area contributed by atoms with Crippen molar-refractivity contribution in [2.75, 3.05) is 0 Å². The van der Waals surface area contributed by atoms with Crippen LogP contribution in [0.15, 0.2) is 22.8 Å². The number of hydrogen-bond donors (Lipinski definition) is 1. The number of rotatable bonds is 3. The molecule has 0 radical (unpaired) electrons. The molecule has 1 aliphatic rings. The van der Waals surface area contributed by atoms with E-state index in [1.807, 2.05) is 12.1 Å². The topological polar surface area (TPSA) is 25.2 Å². The Bertz CT molecular complexity index is 247. The van der Waals surface area contributed by atoms with Crippen molar-refractivity contribution < 1.29 is 4.42 Å². The zero-order valence-corrected chi connectivity index (χ0v) is 8.18. The summed E-state index contributed by atoms with van der Waals surface area (Å²) in [6.07, 6.45) is 7.05. The van der Waals surface area contributed by atoms with E-state index in [9.17, 15) is 0 Å². The van der Waals surface area contributed by atoms with Crippen LogP contribution >= 0.6 is 0 Å². The molecule has 1 fully saturated rings. The minimum atomic E-state index is 0.354. The highest BCUT2D eigenvalue weighted by Gasteiger charge is 2.27. The normalized spacial score (nSPS) is 20.7. The summed E-state index contributed by atoms with van der Waals surface area (Å²) >= 11 is 0. The van der Waals surface area contributed by atoms with E-state index in [-0.39, 0.29) is 0 Å². The lowest BCUT2D eigenvalue weighted by Gasteiger charge is -2.24. The zero-order chi connectivity index (χ0) is 9.15. The van der Waals surface area contributed by atoms with Crippen LogP contribution in [-0.2, 0) is 6.54 Å². The summed E-state index contributed by atoms with van der Waals surface area (Å²) in [4.78, 5) is 0. The van der Waals surface area contributed by atoms with Gasteiger partial charge in [-0.2, -0.15) is 0 Å². The van der Waals surface area contributed by atoms with Crippen molar-refractivity contribution in [1.82, 2.24) is 5.32 Å². The first-order valence-electron chi connectivity index (χ1n) is 5.06. The SMILES string of the molecule is CC1(NCc2ccco2)CCCC1. The molecule has 72 valence electrons. The molecule has 0 spiro atoms. The smallest absolute Gasteiger partial charge is 0.117 e. The van der Waals surface area contributed by atoms with Crippen LogP contribution < -0.4 is 5.32 Å². The van der Waals surface area contributed by atoms with Crippen molar-refractivity contribution in [3.05, 3.63) is 24.2 Å². The predicted octanol–water partition coefficient (Wildman–Crippen LogP) is 2.70. The van der Waals surface area contributed by atoms with Crippen LogP contribution in [0.2, 0.25) is 0 Å². The number of furan rings is 1. The molecule has 0 atom stereocenters. The Morgan fingerprint density at radius 3 is 2.85 bits per heavy atom. The number of hydrogen-bond acceptors (Lipinski definition) is 2. The lowest BCUT2D eigenvalue weighted by molar-refractivity contribution is 0.342. The minimum absolute atomic E-state index is 0.354. The highest BCUT2D eigenvalue weighted by Crippen LogP contribution is 2.29. The fraction of sp³-hybridized carbons (Fsp3) is 0.636. The van der Waals surface area contributed by atoms with Crippen molar-refractivity contribution in [2.45, 2.75) is 44.7 Å². The molecular formula is C11H17NO. The quantitative estimate of drug-likeness (QED) is 0.771. The maximum absolute atomic E-state index is 5.28. The molecule has 0 saturated heterocycles. The Balaban J connectivity index is 1.85. The Labute approximate surface area is 79.3 Å². The van der Waals surface area contributed by atoms with Crippen molar-refractivity contribution in [3.63, 3.8) is 0 Å². The largest absolute Gasteiger partial charge is 0.468 e. The Morgan fingerprint density at radius 2 is 2.23 bits per heavy atom. The van der Waals surface area contributed by atoms with Crippen molar-refractivity contribution in [2.24, 2.45) is 0 Å². The maximum atomic E-state index is 5.28. The fourth-order valence-corrected chi connectivity index (χ4v) is 2.05.